The SMILES string of the molecule is Cc1cccc(C(=O)Nc2cc(F)cc(CN3CCN(C(=O)C4CCCC4)CC3)c2C)c1. The summed E-state index contributed by atoms with van der Waals surface area (Å²) >= 11 is 0. The van der Waals surface area contributed by atoms with Crippen molar-refractivity contribution in [3.05, 3.63) is 64.5 Å². The summed E-state index contributed by atoms with van der Waals surface area (Å²) in [5, 5.41) is 2.88. The van der Waals surface area contributed by atoms with Crippen molar-refractivity contribution < 1.29 is 14.0 Å². The van der Waals surface area contributed by atoms with Crippen molar-refractivity contribution in [1.29, 1.82) is 0 Å². The Hall–Kier alpha value is -2.73. The number of carbonyl (C=O) groups is 2. The number of carbonyl (C=O) groups excluding carboxylic acids is 2. The van der Waals surface area contributed by atoms with Crippen LogP contribution < -0.4 is 5.32 Å². The molecule has 0 spiro atoms. The number of piperazine rings is 1. The molecule has 6 heteroatoms. The molecule has 0 unspecified atom stereocenters. The van der Waals surface area contributed by atoms with Crippen LogP contribution in [0, 0.1) is 25.6 Å². The normalized spacial score (nSPS) is 17.5. The molecule has 4 rings (SSSR count). The second-order valence-electron chi connectivity index (χ2n) is 9.14. The van der Waals surface area contributed by atoms with Gasteiger partial charge in [0.05, 0.1) is 0 Å². The average molecular weight is 438 g/mol. The van der Waals surface area contributed by atoms with Crippen LogP contribution in [0.2, 0.25) is 0 Å². The van der Waals surface area contributed by atoms with E-state index in [0.717, 1.165) is 68.6 Å². The first-order chi connectivity index (χ1) is 15.4. The first kappa shape index (κ1) is 22.5. The molecule has 170 valence electrons. The minimum absolute atomic E-state index is 0.214. The molecular weight excluding hydrogens is 405 g/mol. The van der Waals surface area contributed by atoms with Crippen molar-refractivity contribution in [2.45, 2.75) is 46.1 Å². The Labute approximate surface area is 189 Å². The lowest BCUT2D eigenvalue weighted by atomic mass is 10.0. The molecule has 1 saturated heterocycles. The maximum atomic E-state index is 14.4. The van der Waals surface area contributed by atoms with Crippen LogP contribution in [0.15, 0.2) is 36.4 Å². The quantitative estimate of drug-likeness (QED) is 0.748. The summed E-state index contributed by atoms with van der Waals surface area (Å²) in [5.74, 6) is -0.0793. The fourth-order valence-corrected chi connectivity index (χ4v) is 4.81. The minimum Gasteiger partial charge on any atom is -0.340 e. The van der Waals surface area contributed by atoms with Gasteiger partial charge in [-0.25, -0.2) is 4.39 Å². The fraction of sp³-hybridized carbons (Fsp3) is 0.462. The van der Waals surface area contributed by atoms with E-state index in [1.807, 2.05) is 36.9 Å². The number of nitrogens with zero attached hydrogens (tertiary/aromatic N) is 2. The molecule has 1 N–H and O–H groups in total. The zero-order valence-electron chi connectivity index (χ0n) is 19.0. The molecule has 2 fully saturated rings. The molecule has 0 radical (unpaired) electrons. The predicted molar refractivity (Wildman–Crippen MR) is 124 cm³/mol. The molecule has 1 heterocycles. The molecule has 32 heavy (non-hydrogen) atoms. The smallest absolute Gasteiger partial charge is 0.255 e. The zero-order valence-corrected chi connectivity index (χ0v) is 19.0. The van der Waals surface area contributed by atoms with Crippen molar-refractivity contribution in [1.82, 2.24) is 9.80 Å². The molecule has 2 aliphatic rings. The van der Waals surface area contributed by atoms with E-state index in [0.29, 0.717) is 23.7 Å². The molecule has 1 aliphatic heterocycles. The molecule has 1 saturated carbocycles. The second kappa shape index (κ2) is 9.82. The van der Waals surface area contributed by atoms with E-state index in [1.54, 1.807) is 12.1 Å². The molecule has 2 aromatic carbocycles. The third-order valence-corrected chi connectivity index (χ3v) is 6.79. The van der Waals surface area contributed by atoms with Crippen LogP contribution in [0.3, 0.4) is 0 Å². The molecule has 2 aromatic rings. The lowest BCUT2D eigenvalue weighted by molar-refractivity contribution is -0.137. The van der Waals surface area contributed by atoms with Gasteiger partial charge in [0.2, 0.25) is 5.91 Å². The first-order valence-corrected chi connectivity index (χ1v) is 11.6. The minimum atomic E-state index is -0.361. The highest BCUT2D eigenvalue weighted by atomic mass is 19.1. The first-order valence-electron chi connectivity index (χ1n) is 11.6. The van der Waals surface area contributed by atoms with Crippen LogP contribution in [0.25, 0.3) is 0 Å². The van der Waals surface area contributed by atoms with Gasteiger partial charge in [-0.15, -0.1) is 0 Å². The molecule has 0 bridgehead atoms. The van der Waals surface area contributed by atoms with Crippen LogP contribution >= 0.6 is 0 Å². The van der Waals surface area contributed by atoms with Crippen molar-refractivity contribution in [2.24, 2.45) is 5.92 Å². The Bertz CT molecular complexity index is 993. The third-order valence-electron chi connectivity index (χ3n) is 6.79. The number of nitrogens with one attached hydrogen (secondary N) is 1. The third kappa shape index (κ3) is 5.18. The summed E-state index contributed by atoms with van der Waals surface area (Å²) in [4.78, 5) is 29.6. The van der Waals surface area contributed by atoms with Gasteiger partial charge in [-0.05, 0) is 62.1 Å². The largest absolute Gasteiger partial charge is 0.340 e. The highest BCUT2D eigenvalue weighted by molar-refractivity contribution is 6.04. The average Bonchev–Trinajstić information content (AvgIpc) is 3.32. The van der Waals surface area contributed by atoms with Crippen molar-refractivity contribution in [3.8, 4) is 0 Å². The Balaban J connectivity index is 1.39. The lowest BCUT2D eigenvalue weighted by Crippen LogP contribution is -2.49. The van der Waals surface area contributed by atoms with E-state index < -0.39 is 0 Å². The highest BCUT2D eigenvalue weighted by Gasteiger charge is 2.29. The molecule has 5 nitrogen and oxygen atoms in total. The zero-order chi connectivity index (χ0) is 22.7. The number of aryl methyl sites for hydroxylation is 1. The van der Waals surface area contributed by atoms with Crippen molar-refractivity contribution in [2.75, 3.05) is 31.5 Å². The highest BCUT2D eigenvalue weighted by Crippen LogP contribution is 2.28. The number of hydrogen-bond donors (Lipinski definition) is 1. The second-order valence-corrected chi connectivity index (χ2v) is 9.14. The summed E-state index contributed by atoms with van der Waals surface area (Å²) in [6, 6.07) is 10.3. The van der Waals surface area contributed by atoms with Gasteiger partial charge in [0.1, 0.15) is 5.82 Å². The Morgan fingerprint density at radius 3 is 2.44 bits per heavy atom. The van der Waals surface area contributed by atoms with Crippen LogP contribution in [0.4, 0.5) is 10.1 Å². The molecule has 0 aromatic heterocycles. The fourth-order valence-electron chi connectivity index (χ4n) is 4.81. The van der Waals surface area contributed by atoms with E-state index in [4.69, 9.17) is 0 Å². The number of rotatable bonds is 5. The van der Waals surface area contributed by atoms with Gasteiger partial charge in [-0.2, -0.15) is 0 Å². The number of hydrogen-bond acceptors (Lipinski definition) is 3. The van der Waals surface area contributed by atoms with Crippen LogP contribution in [-0.2, 0) is 11.3 Å². The summed E-state index contributed by atoms with van der Waals surface area (Å²) < 4.78 is 14.4. The Morgan fingerprint density at radius 1 is 1.03 bits per heavy atom. The van der Waals surface area contributed by atoms with E-state index in [9.17, 15) is 14.0 Å². The summed E-state index contributed by atoms with van der Waals surface area (Å²) in [7, 11) is 0. The molecular formula is C26H32FN3O2. The van der Waals surface area contributed by atoms with Crippen LogP contribution in [0.5, 0.6) is 0 Å². The van der Waals surface area contributed by atoms with Gasteiger partial charge in [0, 0.05) is 49.9 Å². The topological polar surface area (TPSA) is 52.7 Å². The predicted octanol–water partition coefficient (Wildman–Crippen LogP) is 4.53. The van der Waals surface area contributed by atoms with Gasteiger partial charge >= 0.3 is 0 Å². The number of amides is 2. The van der Waals surface area contributed by atoms with Gasteiger partial charge in [0.25, 0.3) is 5.91 Å². The van der Waals surface area contributed by atoms with E-state index >= 15 is 0 Å². The lowest BCUT2D eigenvalue weighted by Gasteiger charge is -2.36. The molecule has 0 atom stereocenters. The standard InChI is InChI=1S/C26H32FN3O2/c1-18-6-5-9-21(14-18)25(31)28-24-16-23(27)15-22(19(24)2)17-29-10-12-30(13-11-29)26(32)20-7-3-4-8-20/h5-6,9,14-16,20H,3-4,7-8,10-13,17H2,1-2H3,(H,28,31). The van der Waals surface area contributed by atoms with Crippen molar-refractivity contribution >= 4 is 17.5 Å². The Kier molecular flexibility index (Phi) is 6.89. The van der Waals surface area contributed by atoms with E-state index in [-0.39, 0.29) is 17.6 Å². The van der Waals surface area contributed by atoms with Crippen LogP contribution in [0.1, 0.15) is 52.7 Å². The molecule has 2 amide bonds. The van der Waals surface area contributed by atoms with Gasteiger partial charge in [-0.3, -0.25) is 14.5 Å². The monoisotopic (exact) mass is 437 g/mol. The van der Waals surface area contributed by atoms with Crippen molar-refractivity contribution in [3.63, 3.8) is 0 Å². The summed E-state index contributed by atoms with van der Waals surface area (Å²) in [6.45, 7) is 7.45. The van der Waals surface area contributed by atoms with Gasteiger partial charge in [-0.1, -0.05) is 30.5 Å². The maximum Gasteiger partial charge on any atom is 0.255 e. The van der Waals surface area contributed by atoms with Crippen LogP contribution in [-0.4, -0.2) is 47.8 Å². The van der Waals surface area contributed by atoms with Gasteiger partial charge < -0.3 is 10.2 Å². The van der Waals surface area contributed by atoms with Gasteiger partial charge in [0.15, 0.2) is 0 Å². The summed E-state index contributed by atoms with van der Waals surface area (Å²) in [6.07, 6.45) is 4.38. The number of halogens is 1. The Morgan fingerprint density at radius 2 is 1.75 bits per heavy atom. The summed E-state index contributed by atoms with van der Waals surface area (Å²) in [5.41, 5.74) is 3.79. The van der Waals surface area contributed by atoms with E-state index in [2.05, 4.69) is 10.2 Å². The maximum absolute atomic E-state index is 14.4. The molecule has 1 aliphatic carbocycles. The number of benzene rings is 2. The van der Waals surface area contributed by atoms with E-state index in [1.165, 1.54) is 6.07 Å². The number of anilines is 1.